The third-order valence-corrected chi connectivity index (χ3v) is 3.08. The number of aromatic nitrogens is 6. The zero-order valence-electron chi connectivity index (χ0n) is 10.5. The quantitative estimate of drug-likeness (QED) is 0.470. The van der Waals surface area contributed by atoms with Gasteiger partial charge in [-0.15, -0.1) is 0 Å². The number of nitrogens with zero attached hydrogens (tertiary/aromatic N) is 3. The number of rotatable bonds is 1. The molecule has 0 aliphatic carbocycles. The van der Waals surface area contributed by atoms with Gasteiger partial charge in [0.2, 0.25) is 0 Å². The van der Waals surface area contributed by atoms with Crippen molar-refractivity contribution in [2.24, 2.45) is 0 Å². The minimum Gasteiger partial charge on any atom is -0.331 e. The molecule has 8 heteroatoms. The molecule has 0 bridgehead atoms. The molecule has 21 heavy (non-hydrogen) atoms. The van der Waals surface area contributed by atoms with Crippen LogP contribution >= 0.6 is 0 Å². The Bertz CT molecular complexity index is 1090. The summed E-state index contributed by atoms with van der Waals surface area (Å²) in [6.07, 6.45) is 1.56. The fourth-order valence-electron chi connectivity index (χ4n) is 2.13. The highest BCUT2D eigenvalue weighted by molar-refractivity contribution is 5.78. The molecule has 0 fully saturated rings. The Kier molecular flexibility index (Phi) is 2.25. The van der Waals surface area contributed by atoms with Crippen LogP contribution < -0.4 is 11.2 Å². The largest absolute Gasteiger partial charge is 0.331 e. The van der Waals surface area contributed by atoms with Crippen LogP contribution in [0.15, 0.2) is 40.1 Å². The van der Waals surface area contributed by atoms with Crippen molar-refractivity contribution in [1.29, 1.82) is 0 Å². The van der Waals surface area contributed by atoms with Crippen LogP contribution in [0.5, 0.6) is 0 Å². The highest BCUT2D eigenvalue weighted by atomic mass is 16.2. The van der Waals surface area contributed by atoms with Crippen LogP contribution in [0, 0.1) is 0 Å². The summed E-state index contributed by atoms with van der Waals surface area (Å²) in [5, 5.41) is 0. The maximum atomic E-state index is 11.7. The van der Waals surface area contributed by atoms with Gasteiger partial charge in [0.25, 0.3) is 5.56 Å². The molecule has 0 radical (unpaired) electrons. The van der Waals surface area contributed by atoms with Crippen molar-refractivity contribution in [3.05, 3.63) is 51.3 Å². The van der Waals surface area contributed by atoms with Gasteiger partial charge in [0.1, 0.15) is 11.2 Å². The summed E-state index contributed by atoms with van der Waals surface area (Å²) in [7, 11) is 0. The van der Waals surface area contributed by atoms with Crippen LogP contribution in [0.2, 0.25) is 0 Å². The Morgan fingerprint density at radius 1 is 0.905 bits per heavy atom. The number of imidazole rings is 1. The highest BCUT2D eigenvalue weighted by Crippen LogP contribution is 2.17. The molecule has 0 saturated heterocycles. The summed E-state index contributed by atoms with van der Waals surface area (Å²) in [5.74, 6) is 0.371. The molecule has 102 valence electrons. The zero-order chi connectivity index (χ0) is 14.4. The lowest BCUT2D eigenvalue weighted by Gasteiger charge is -1.98. The lowest BCUT2D eigenvalue weighted by molar-refractivity contribution is 1.07. The minimum absolute atomic E-state index is 0.189. The predicted molar refractivity (Wildman–Crippen MR) is 75.9 cm³/mol. The average Bonchev–Trinajstić information content (AvgIpc) is 2.91. The summed E-state index contributed by atoms with van der Waals surface area (Å²) >= 11 is 0. The summed E-state index contributed by atoms with van der Waals surface area (Å²) in [6, 6.07) is 7.43. The van der Waals surface area contributed by atoms with Gasteiger partial charge in [0.05, 0.1) is 17.2 Å². The molecule has 4 rings (SSSR count). The number of H-pyrrole nitrogens is 3. The van der Waals surface area contributed by atoms with E-state index in [1.165, 1.54) is 0 Å². The standard InChI is InChI=1S/C13H8N6O2/c20-12-9-11(18-13(21)19-12)17-10(16-9)8-5-14-6-3-1-2-4-7(6)15-8/h1-5H,(H3,16,17,18,19,20,21). The summed E-state index contributed by atoms with van der Waals surface area (Å²) in [6.45, 7) is 0. The van der Waals surface area contributed by atoms with E-state index in [2.05, 4.69) is 29.9 Å². The van der Waals surface area contributed by atoms with Crippen LogP contribution in [-0.2, 0) is 0 Å². The molecule has 8 nitrogen and oxygen atoms in total. The van der Waals surface area contributed by atoms with E-state index in [9.17, 15) is 9.59 Å². The van der Waals surface area contributed by atoms with Gasteiger partial charge in [0.15, 0.2) is 11.5 Å². The molecule has 0 saturated carbocycles. The number of nitrogens with one attached hydrogen (secondary N) is 3. The second-order valence-corrected chi connectivity index (χ2v) is 4.46. The number of para-hydroxylation sites is 2. The minimum atomic E-state index is -0.602. The van der Waals surface area contributed by atoms with Gasteiger partial charge in [-0.1, -0.05) is 12.1 Å². The Morgan fingerprint density at radius 2 is 1.71 bits per heavy atom. The second kappa shape index (κ2) is 4.10. The summed E-state index contributed by atoms with van der Waals surface area (Å²) in [4.78, 5) is 43.2. The van der Waals surface area contributed by atoms with E-state index < -0.39 is 11.2 Å². The Hall–Kier alpha value is -3.29. The Morgan fingerprint density at radius 3 is 2.57 bits per heavy atom. The van der Waals surface area contributed by atoms with Gasteiger partial charge in [-0.25, -0.2) is 14.8 Å². The first-order valence-electron chi connectivity index (χ1n) is 6.15. The van der Waals surface area contributed by atoms with E-state index in [4.69, 9.17) is 0 Å². The number of hydrogen-bond donors (Lipinski definition) is 3. The molecule has 0 spiro atoms. The zero-order valence-corrected chi connectivity index (χ0v) is 10.5. The van der Waals surface area contributed by atoms with Crippen LogP contribution in [0.3, 0.4) is 0 Å². The molecule has 0 aliphatic rings. The van der Waals surface area contributed by atoms with Gasteiger partial charge < -0.3 is 4.98 Å². The van der Waals surface area contributed by atoms with E-state index in [1.54, 1.807) is 6.20 Å². The molecule has 3 heterocycles. The van der Waals surface area contributed by atoms with Crippen molar-refractivity contribution in [2.45, 2.75) is 0 Å². The SMILES string of the molecule is O=c1[nH]c(=O)c2[nH]c(-c3cnc4ccccc4n3)nc2[nH]1. The fraction of sp³-hybridized carbons (Fsp3) is 0. The maximum absolute atomic E-state index is 11.7. The number of benzene rings is 1. The smallest absolute Gasteiger partial charge is 0.327 e. The van der Waals surface area contributed by atoms with Crippen molar-refractivity contribution in [1.82, 2.24) is 29.9 Å². The van der Waals surface area contributed by atoms with E-state index >= 15 is 0 Å². The topological polar surface area (TPSA) is 120 Å². The summed E-state index contributed by atoms with van der Waals surface area (Å²) < 4.78 is 0. The number of fused-ring (bicyclic) bond motifs is 2. The van der Waals surface area contributed by atoms with Gasteiger partial charge in [-0.05, 0) is 12.1 Å². The third kappa shape index (κ3) is 1.81. The monoisotopic (exact) mass is 280 g/mol. The predicted octanol–water partition coefficient (Wildman–Crippen LogP) is 0.550. The molecule has 1 aromatic carbocycles. The average molecular weight is 280 g/mol. The van der Waals surface area contributed by atoms with Gasteiger partial charge in [0, 0.05) is 0 Å². The van der Waals surface area contributed by atoms with Crippen LogP contribution in [0.1, 0.15) is 0 Å². The van der Waals surface area contributed by atoms with E-state index in [0.717, 1.165) is 11.0 Å². The normalized spacial score (nSPS) is 11.2. The second-order valence-electron chi connectivity index (χ2n) is 4.46. The van der Waals surface area contributed by atoms with Crippen molar-refractivity contribution >= 4 is 22.2 Å². The molecule has 0 aliphatic heterocycles. The van der Waals surface area contributed by atoms with Crippen molar-refractivity contribution in [3.8, 4) is 11.5 Å². The molecular formula is C13H8N6O2. The van der Waals surface area contributed by atoms with Gasteiger partial charge in [-0.3, -0.25) is 19.7 Å². The van der Waals surface area contributed by atoms with Gasteiger partial charge >= 0.3 is 5.69 Å². The fourth-order valence-corrected chi connectivity index (χ4v) is 2.13. The molecule has 0 amide bonds. The Balaban J connectivity index is 1.97. The van der Waals surface area contributed by atoms with E-state index in [1.807, 2.05) is 24.3 Å². The lowest BCUT2D eigenvalue weighted by Crippen LogP contribution is -2.21. The first-order valence-corrected chi connectivity index (χ1v) is 6.15. The molecule has 3 aromatic heterocycles. The van der Waals surface area contributed by atoms with Crippen LogP contribution in [-0.4, -0.2) is 29.9 Å². The van der Waals surface area contributed by atoms with E-state index in [0.29, 0.717) is 11.5 Å². The molecule has 3 N–H and O–H groups in total. The lowest BCUT2D eigenvalue weighted by atomic mass is 10.3. The number of hydrogen-bond acceptors (Lipinski definition) is 5. The van der Waals surface area contributed by atoms with Crippen LogP contribution in [0.4, 0.5) is 0 Å². The van der Waals surface area contributed by atoms with Crippen molar-refractivity contribution in [2.75, 3.05) is 0 Å². The summed E-state index contributed by atoms with van der Waals surface area (Å²) in [5.41, 5.74) is 1.23. The highest BCUT2D eigenvalue weighted by Gasteiger charge is 2.11. The van der Waals surface area contributed by atoms with Crippen molar-refractivity contribution in [3.63, 3.8) is 0 Å². The Labute approximate surface area is 115 Å². The van der Waals surface area contributed by atoms with Gasteiger partial charge in [-0.2, -0.15) is 0 Å². The molecule has 0 unspecified atom stereocenters. The molecular weight excluding hydrogens is 272 g/mol. The first-order chi connectivity index (χ1) is 10.2. The van der Waals surface area contributed by atoms with Crippen LogP contribution in [0.25, 0.3) is 33.7 Å². The first kappa shape index (κ1) is 11.5. The van der Waals surface area contributed by atoms with Crippen molar-refractivity contribution < 1.29 is 0 Å². The van der Waals surface area contributed by atoms with E-state index in [-0.39, 0.29) is 11.2 Å². The maximum Gasteiger partial charge on any atom is 0.327 e. The molecule has 4 aromatic rings. The number of aromatic amines is 3. The third-order valence-electron chi connectivity index (χ3n) is 3.08. The molecule has 0 atom stereocenters.